The zero-order valence-corrected chi connectivity index (χ0v) is 14.9. The highest BCUT2D eigenvalue weighted by molar-refractivity contribution is 6.03. The van der Waals surface area contributed by atoms with Gasteiger partial charge >= 0.3 is 0 Å². The Labute approximate surface area is 152 Å². The Morgan fingerprint density at radius 1 is 0.962 bits per heavy atom. The number of nitrogens with one attached hydrogen (secondary N) is 2. The molecule has 1 aliphatic heterocycles. The second kappa shape index (κ2) is 7.92. The topological polar surface area (TPSA) is 90.5 Å². The molecule has 8 heteroatoms. The Bertz CT molecular complexity index is 785. The van der Waals surface area contributed by atoms with Crippen molar-refractivity contribution in [2.24, 2.45) is 0 Å². The minimum Gasteiger partial charge on any atom is -0.354 e. The van der Waals surface area contributed by atoms with E-state index in [9.17, 15) is 9.59 Å². The summed E-state index contributed by atoms with van der Waals surface area (Å²) in [5.74, 6) is 0.327. The Morgan fingerprint density at radius 3 is 2.19 bits per heavy atom. The van der Waals surface area contributed by atoms with Crippen molar-refractivity contribution in [3.8, 4) is 0 Å². The molecule has 0 aliphatic carbocycles. The fourth-order valence-electron chi connectivity index (χ4n) is 2.71. The van der Waals surface area contributed by atoms with Crippen LogP contribution in [0.1, 0.15) is 17.4 Å². The zero-order valence-electron chi connectivity index (χ0n) is 14.9. The van der Waals surface area contributed by atoms with Crippen LogP contribution in [0.25, 0.3) is 0 Å². The minimum absolute atomic E-state index is 0.140. The number of piperazine rings is 1. The first-order chi connectivity index (χ1) is 12.5. The van der Waals surface area contributed by atoms with E-state index in [1.165, 1.54) is 13.3 Å². The van der Waals surface area contributed by atoms with Crippen molar-refractivity contribution in [1.29, 1.82) is 0 Å². The highest BCUT2D eigenvalue weighted by Gasteiger charge is 2.17. The van der Waals surface area contributed by atoms with Gasteiger partial charge in [0.1, 0.15) is 17.8 Å². The molecule has 3 rings (SSSR count). The lowest BCUT2D eigenvalue weighted by Gasteiger charge is -2.33. The molecule has 8 nitrogen and oxygen atoms in total. The van der Waals surface area contributed by atoms with Gasteiger partial charge in [0.25, 0.3) is 5.91 Å². The number of rotatable bonds is 4. The first-order valence-corrected chi connectivity index (χ1v) is 8.46. The maximum atomic E-state index is 12.5. The van der Waals surface area contributed by atoms with E-state index in [-0.39, 0.29) is 11.8 Å². The summed E-state index contributed by atoms with van der Waals surface area (Å²) in [4.78, 5) is 36.3. The first kappa shape index (κ1) is 17.8. The van der Waals surface area contributed by atoms with Gasteiger partial charge < -0.3 is 20.4 Å². The van der Waals surface area contributed by atoms with Crippen LogP contribution in [0.3, 0.4) is 0 Å². The lowest BCUT2D eigenvalue weighted by atomic mass is 10.2. The quantitative estimate of drug-likeness (QED) is 0.863. The minimum atomic E-state index is -0.296. The maximum absolute atomic E-state index is 12.5. The summed E-state index contributed by atoms with van der Waals surface area (Å²) < 4.78 is 0. The number of carbonyl (C=O) groups excluding carboxylic acids is 2. The van der Waals surface area contributed by atoms with Crippen molar-refractivity contribution in [3.05, 3.63) is 42.4 Å². The van der Waals surface area contributed by atoms with Crippen LogP contribution in [0.4, 0.5) is 17.2 Å². The molecular weight excluding hydrogens is 332 g/mol. The Balaban J connectivity index is 1.66. The molecule has 0 radical (unpaired) electrons. The molecule has 26 heavy (non-hydrogen) atoms. The van der Waals surface area contributed by atoms with Gasteiger partial charge in [-0.05, 0) is 31.3 Å². The number of aromatic nitrogens is 2. The van der Waals surface area contributed by atoms with Gasteiger partial charge in [0.15, 0.2) is 0 Å². The zero-order chi connectivity index (χ0) is 18.5. The van der Waals surface area contributed by atoms with Gasteiger partial charge in [0.05, 0.1) is 0 Å². The standard InChI is InChI=1S/C18H22N6O2/c1-13(25)21-14-3-5-15(6-4-14)22-18(26)16-11-17(20-12-19-16)24-9-7-23(2)8-10-24/h3-6,11-12H,7-10H2,1-2H3,(H,21,25)(H,22,26). The number of hydrogen-bond acceptors (Lipinski definition) is 6. The average molecular weight is 354 g/mol. The second-order valence-corrected chi connectivity index (χ2v) is 6.26. The summed E-state index contributed by atoms with van der Waals surface area (Å²) in [6.07, 6.45) is 1.42. The molecule has 2 heterocycles. The largest absolute Gasteiger partial charge is 0.354 e. The van der Waals surface area contributed by atoms with Gasteiger partial charge in [0, 0.05) is 50.5 Å². The van der Waals surface area contributed by atoms with E-state index < -0.39 is 0 Å². The molecule has 1 aromatic heterocycles. The molecular formula is C18H22N6O2. The Morgan fingerprint density at radius 2 is 1.58 bits per heavy atom. The Hall–Kier alpha value is -3.00. The van der Waals surface area contributed by atoms with E-state index in [1.807, 2.05) is 0 Å². The number of likely N-dealkylation sites (N-methyl/N-ethyl adjacent to an activating group) is 1. The van der Waals surface area contributed by atoms with Gasteiger partial charge in [-0.3, -0.25) is 9.59 Å². The van der Waals surface area contributed by atoms with Crippen LogP contribution >= 0.6 is 0 Å². The summed E-state index contributed by atoms with van der Waals surface area (Å²) in [7, 11) is 2.09. The van der Waals surface area contributed by atoms with E-state index in [0.29, 0.717) is 17.1 Å². The molecule has 1 aromatic carbocycles. The number of benzene rings is 1. The molecule has 0 spiro atoms. The van der Waals surface area contributed by atoms with Crippen LogP contribution in [0.5, 0.6) is 0 Å². The fraction of sp³-hybridized carbons (Fsp3) is 0.333. The first-order valence-electron chi connectivity index (χ1n) is 8.46. The number of amides is 2. The fourth-order valence-corrected chi connectivity index (χ4v) is 2.71. The monoisotopic (exact) mass is 354 g/mol. The van der Waals surface area contributed by atoms with Crippen molar-refractivity contribution in [3.63, 3.8) is 0 Å². The molecule has 1 aliphatic rings. The van der Waals surface area contributed by atoms with Crippen molar-refractivity contribution in [1.82, 2.24) is 14.9 Å². The summed E-state index contributed by atoms with van der Waals surface area (Å²) >= 11 is 0. The molecule has 2 aromatic rings. The molecule has 0 bridgehead atoms. The summed E-state index contributed by atoms with van der Waals surface area (Å²) in [6.45, 7) is 5.12. The normalized spacial score (nSPS) is 14.8. The van der Waals surface area contributed by atoms with Gasteiger partial charge in [-0.1, -0.05) is 0 Å². The summed E-state index contributed by atoms with van der Waals surface area (Å²) in [5.41, 5.74) is 1.62. The molecule has 0 saturated carbocycles. The highest BCUT2D eigenvalue weighted by Crippen LogP contribution is 2.16. The molecule has 0 atom stereocenters. The Kier molecular flexibility index (Phi) is 5.43. The average Bonchev–Trinajstić information content (AvgIpc) is 2.63. The van der Waals surface area contributed by atoms with Gasteiger partial charge in [-0.15, -0.1) is 0 Å². The summed E-state index contributed by atoms with van der Waals surface area (Å²) in [6, 6.07) is 8.63. The van der Waals surface area contributed by atoms with Crippen LogP contribution in [0, 0.1) is 0 Å². The van der Waals surface area contributed by atoms with Crippen molar-refractivity contribution < 1.29 is 9.59 Å². The second-order valence-electron chi connectivity index (χ2n) is 6.26. The summed E-state index contributed by atoms with van der Waals surface area (Å²) in [5, 5.41) is 5.49. The van der Waals surface area contributed by atoms with E-state index in [4.69, 9.17) is 0 Å². The molecule has 1 saturated heterocycles. The van der Waals surface area contributed by atoms with E-state index in [2.05, 4.69) is 37.4 Å². The van der Waals surface area contributed by atoms with E-state index in [0.717, 1.165) is 32.0 Å². The van der Waals surface area contributed by atoms with Crippen molar-refractivity contribution in [2.45, 2.75) is 6.92 Å². The molecule has 2 amide bonds. The maximum Gasteiger partial charge on any atom is 0.274 e. The third kappa shape index (κ3) is 4.54. The highest BCUT2D eigenvalue weighted by atomic mass is 16.2. The number of hydrogen-bond donors (Lipinski definition) is 2. The van der Waals surface area contributed by atoms with Gasteiger partial charge in [-0.25, -0.2) is 9.97 Å². The van der Waals surface area contributed by atoms with Crippen molar-refractivity contribution in [2.75, 3.05) is 48.8 Å². The van der Waals surface area contributed by atoms with Crippen LogP contribution in [0.2, 0.25) is 0 Å². The van der Waals surface area contributed by atoms with Crippen LogP contribution in [-0.2, 0) is 4.79 Å². The van der Waals surface area contributed by atoms with Crippen LogP contribution in [0.15, 0.2) is 36.7 Å². The lowest BCUT2D eigenvalue weighted by Crippen LogP contribution is -2.44. The van der Waals surface area contributed by atoms with Gasteiger partial charge in [-0.2, -0.15) is 0 Å². The molecule has 1 fully saturated rings. The SMILES string of the molecule is CC(=O)Nc1ccc(NC(=O)c2cc(N3CCN(C)CC3)ncn2)cc1. The molecule has 136 valence electrons. The lowest BCUT2D eigenvalue weighted by molar-refractivity contribution is -0.114. The van der Waals surface area contributed by atoms with Crippen LogP contribution < -0.4 is 15.5 Å². The predicted octanol–water partition coefficient (Wildman–Crippen LogP) is 1.44. The van der Waals surface area contributed by atoms with Crippen LogP contribution in [-0.4, -0.2) is 59.9 Å². The smallest absolute Gasteiger partial charge is 0.274 e. The number of anilines is 3. The predicted molar refractivity (Wildman–Crippen MR) is 100 cm³/mol. The van der Waals surface area contributed by atoms with Crippen molar-refractivity contribution >= 4 is 29.0 Å². The van der Waals surface area contributed by atoms with E-state index >= 15 is 0 Å². The number of carbonyl (C=O) groups is 2. The van der Waals surface area contributed by atoms with E-state index in [1.54, 1.807) is 30.3 Å². The third-order valence-electron chi connectivity index (χ3n) is 4.18. The third-order valence-corrected chi connectivity index (χ3v) is 4.18. The van der Waals surface area contributed by atoms with Gasteiger partial charge in [0.2, 0.25) is 5.91 Å². The molecule has 2 N–H and O–H groups in total. The number of nitrogens with zero attached hydrogens (tertiary/aromatic N) is 4. The molecule has 0 unspecified atom stereocenters.